The van der Waals surface area contributed by atoms with Gasteiger partial charge in [-0.3, -0.25) is 4.98 Å². The third kappa shape index (κ3) is 4.13. The van der Waals surface area contributed by atoms with Crippen LogP contribution in [-0.2, 0) is 13.0 Å². The van der Waals surface area contributed by atoms with E-state index in [4.69, 9.17) is 16.6 Å². The van der Waals surface area contributed by atoms with Crippen molar-refractivity contribution >= 4 is 39.6 Å². The highest BCUT2D eigenvalue weighted by Crippen LogP contribution is 2.35. The summed E-state index contributed by atoms with van der Waals surface area (Å²) in [7, 11) is 0. The molecule has 1 N–H and O–H groups in total. The van der Waals surface area contributed by atoms with Crippen molar-refractivity contribution in [3.05, 3.63) is 81.6 Å². The van der Waals surface area contributed by atoms with Gasteiger partial charge in [-0.2, -0.15) is 0 Å². The molecule has 0 fully saturated rings. The highest BCUT2D eigenvalue weighted by atomic mass is 35.5. The summed E-state index contributed by atoms with van der Waals surface area (Å²) in [5.74, 6) is 0.915. The molecule has 0 saturated heterocycles. The number of benzene rings is 1. The van der Waals surface area contributed by atoms with Gasteiger partial charge in [0.05, 0.1) is 23.0 Å². The molecule has 0 spiro atoms. The maximum atomic E-state index is 6.51. The van der Waals surface area contributed by atoms with Gasteiger partial charge in [-0.05, 0) is 43.2 Å². The minimum Gasteiger partial charge on any atom is -0.351 e. The summed E-state index contributed by atoms with van der Waals surface area (Å²) >= 11 is 8.21. The number of thiazole rings is 1. The van der Waals surface area contributed by atoms with Crippen LogP contribution in [0.2, 0.25) is 5.02 Å². The van der Waals surface area contributed by atoms with Gasteiger partial charge < -0.3 is 10.2 Å². The second-order valence-electron chi connectivity index (χ2n) is 7.75. The lowest BCUT2D eigenvalue weighted by Crippen LogP contribution is -2.30. The van der Waals surface area contributed by atoms with Gasteiger partial charge in [0.1, 0.15) is 5.82 Å². The van der Waals surface area contributed by atoms with E-state index >= 15 is 0 Å². The van der Waals surface area contributed by atoms with Gasteiger partial charge in [0.25, 0.3) is 0 Å². The summed E-state index contributed by atoms with van der Waals surface area (Å²) in [5, 5.41) is 4.96. The van der Waals surface area contributed by atoms with Crippen molar-refractivity contribution in [1.29, 1.82) is 0 Å². The number of rotatable bonds is 4. The second kappa shape index (κ2) is 8.29. The molecule has 1 aromatic carbocycles. The van der Waals surface area contributed by atoms with E-state index in [1.165, 1.54) is 10.6 Å². The van der Waals surface area contributed by atoms with E-state index in [-0.39, 0.29) is 0 Å². The van der Waals surface area contributed by atoms with Crippen LogP contribution in [-0.4, -0.2) is 21.5 Å². The summed E-state index contributed by atoms with van der Waals surface area (Å²) in [6.45, 7) is 5.77. The predicted octanol–water partition coefficient (Wildman–Crippen LogP) is 6.18. The van der Waals surface area contributed by atoms with Crippen LogP contribution in [0.4, 0.5) is 16.6 Å². The summed E-state index contributed by atoms with van der Waals surface area (Å²) in [6.07, 6.45) is 4.51. The Labute approximate surface area is 190 Å². The van der Waals surface area contributed by atoms with Gasteiger partial charge in [-0.1, -0.05) is 47.2 Å². The Morgan fingerprint density at radius 2 is 1.90 bits per heavy atom. The SMILES string of the molecule is Cc1cnc(-c2cc(N3CCc4nc(Nc5ccccc5)sc4C3)ncc2Cl)c(C)c1. The fourth-order valence-electron chi connectivity index (χ4n) is 3.87. The van der Waals surface area contributed by atoms with Crippen LogP contribution in [0.3, 0.4) is 0 Å². The topological polar surface area (TPSA) is 53.9 Å². The zero-order chi connectivity index (χ0) is 21.4. The second-order valence-corrected chi connectivity index (χ2v) is 9.24. The molecule has 0 aliphatic carbocycles. The highest BCUT2D eigenvalue weighted by molar-refractivity contribution is 7.15. The molecule has 5 rings (SSSR count). The first-order valence-corrected chi connectivity index (χ1v) is 11.4. The Kier molecular flexibility index (Phi) is 5.34. The first kappa shape index (κ1) is 20.0. The van der Waals surface area contributed by atoms with Crippen LogP contribution < -0.4 is 10.2 Å². The standard InChI is InChI=1S/C24H22ClN5S/c1-15-10-16(2)23(27-12-15)18-11-22(26-13-19(18)25)30-9-8-20-21(14-30)31-24(29-20)28-17-6-4-3-5-7-17/h3-7,10-13H,8-9,14H2,1-2H3,(H,28,29). The Morgan fingerprint density at radius 3 is 2.71 bits per heavy atom. The number of nitrogens with one attached hydrogen (secondary N) is 1. The van der Waals surface area contributed by atoms with Crippen molar-refractivity contribution in [2.24, 2.45) is 0 Å². The largest absolute Gasteiger partial charge is 0.351 e. The molecule has 0 radical (unpaired) electrons. The van der Waals surface area contributed by atoms with Gasteiger partial charge in [-0.25, -0.2) is 9.97 Å². The Bertz CT molecular complexity index is 1240. The zero-order valence-corrected chi connectivity index (χ0v) is 19.0. The normalized spacial score (nSPS) is 13.2. The molecule has 3 aromatic heterocycles. The molecule has 0 bridgehead atoms. The summed E-state index contributed by atoms with van der Waals surface area (Å²) in [4.78, 5) is 17.6. The van der Waals surface area contributed by atoms with E-state index in [0.717, 1.165) is 58.5 Å². The molecular formula is C24H22ClN5S. The van der Waals surface area contributed by atoms with Crippen LogP contribution in [0, 0.1) is 13.8 Å². The third-order valence-electron chi connectivity index (χ3n) is 5.39. The van der Waals surface area contributed by atoms with Crippen molar-refractivity contribution in [1.82, 2.24) is 15.0 Å². The first-order chi connectivity index (χ1) is 15.1. The molecule has 0 amide bonds. The quantitative estimate of drug-likeness (QED) is 0.405. The van der Waals surface area contributed by atoms with Gasteiger partial charge in [0.2, 0.25) is 0 Å². The number of pyridine rings is 2. The van der Waals surface area contributed by atoms with E-state index in [0.29, 0.717) is 5.02 Å². The van der Waals surface area contributed by atoms with Crippen molar-refractivity contribution in [3.63, 3.8) is 0 Å². The van der Waals surface area contributed by atoms with Gasteiger partial charge in [0, 0.05) is 41.5 Å². The van der Waals surface area contributed by atoms with Gasteiger partial charge in [0.15, 0.2) is 5.13 Å². The van der Waals surface area contributed by atoms with Crippen LogP contribution >= 0.6 is 22.9 Å². The van der Waals surface area contributed by atoms with Gasteiger partial charge >= 0.3 is 0 Å². The molecular weight excluding hydrogens is 426 g/mol. The summed E-state index contributed by atoms with van der Waals surface area (Å²) in [5.41, 5.74) is 6.30. The summed E-state index contributed by atoms with van der Waals surface area (Å²) in [6, 6.07) is 14.3. The Hall–Kier alpha value is -2.96. The smallest absolute Gasteiger partial charge is 0.187 e. The number of anilines is 3. The number of nitrogens with zero attached hydrogens (tertiary/aromatic N) is 4. The lowest BCUT2D eigenvalue weighted by molar-refractivity contribution is 0.719. The zero-order valence-electron chi connectivity index (χ0n) is 17.4. The number of fused-ring (bicyclic) bond motifs is 1. The van der Waals surface area contributed by atoms with Crippen LogP contribution in [0.25, 0.3) is 11.3 Å². The van der Waals surface area contributed by atoms with Crippen molar-refractivity contribution in [2.75, 3.05) is 16.8 Å². The van der Waals surface area contributed by atoms with E-state index < -0.39 is 0 Å². The minimum absolute atomic E-state index is 0.619. The molecule has 7 heteroatoms. The molecule has 0 atom stereocenters. The lowest BCUT2D eigenvalue weighted by atomic mass is 10.1. The molecule has 31 heavy (non-hydrogen) atoms. The highest BCUT2D eigenvalue weighted by Gasteiger charge is 2.23. The molecule has 1 aliphatic rings. The molecule has 156 valence electrons. The van der Waals surface area contributed by atoms with E-state index in [1.807, 2.05) is 43.5 Å². The van der Waals surface area contributed by atoms with Crippen LogP contribution in [0.15, 0.2) is 54.9 Å². The fourth-order valence-corrected chi connectivity index (χ4v) is 5.11. The fraction of sp³-hybridized carbons (Fsp3) is 0.208. The van der Waals surface area contributed by atoms with Crippen LogP contribution in [0.5, 0.6) is 0 Å². The maximum absolute atomic E-state index is 6.51. The van der Waals surface area contributed by atoms with Crippen molar-refractivity contribution in [3.8, 4) is 11.3 Å². The lowest BCUT2D eigenvalue weighted by Gasteiger charge is -2.27. The average molecular weight is 448 g/mol. The van der Waals surface area contributed by atoms with Gasteiger partial charge in [-0.15, -0.1) is 0 Å². The predicted molar refractivity (Wildman–Crippen MR) is 129 cm³/mol. The van der Waals surface area contributed by atoms with E-state index in [9.17, 15) is 0 Å². The summed E-state index contributed by atoms with van der Waals surface area (Å²) < 4.78 is 0. The number of hydrogen-bond donors (Lipinski definition) is 1. The molecule has 1 aliphatic heterocycles. The van der Waals surface area contributed by atoms with Crippen molar-refractivity contribution in [2.45, 2.75) is 26.8 Å². The number of halogens is 1. The van der Waals surface area contributed by atoms with E-state index in [1.54, 1.807) is 17.5 Å². The van der Waals surface area contributed by atoms with Crippen molar-refractivity contribution < 1.29 is 0 Å². The number of aryl methyl sites for hydroxylation is 2. The molecule has 4 aromatic rings. The minimum atomic E-state index is 0.619. The molecule has 0 unspecified atom stereocenters. The Balaban J connectivity index is 1.40. The number of para-hydroxylation sites is 1. The third-order valence-corrected chi connectivity index (χ3v) is 6.69. The first-order valence-electron chi connectivity index (χ1n) is 10.2. The number of hydrogen-bond acceptors (Lipinski definition) is 6. The van der Waals surface area contributed by atoms with Crippen LogP contribution in [0.1, 0.15) is 21.7 Å². The molecule has 4 heterocycles. The Morgan fingerprint density at radius 1 is 1.06 bits per heavy atom. The average Bonchev–Trinajstić information content (AvgIpc) is 3.16. The molecule has 0 saturated carbocycles. The van der Waals surface area contributed by atoms with E-state index in [2.05, 4.69) is 39.2 Å². The number of aromatic nitrogens is 3. The molecule has 5 nitrogen and oxygen atoms in total. The monoisotopic (exact) mass is 447 g/mol. The maximum Gasteiger partial charge on any atom is 0.187 e.